The van der Waals surface area contributed by atoms with E-state index in [1.807, 2.05) is 13.8 Å². The van der Waals surface area contributed by atoms with Gasteiger partial charge >= 0.3 is 12.0 Å². The molecule has 2 heterocycles. The summed E-state index contributed by atoms with van der Waals surface area (Å²) in [5, 5.41) is 19.0. The van der Waals surface area contributed by atoms with Crippen molar-refractivity contribution in [2.24, 2.45) is 0 Å². The van der Waals surface area contributed by atoms with Gasteiger partial charge < -0.3 is 20.6 Å². The van der Waals surface area contributed by atoms with Crippen LogP contribution in [0.1, 0.15) is 54.1 Å². The first-order chi connectivity index (χ1) is 17.1. The van der Waals surface area contributed by atoms with Crippen LogP contribution in [-0.4, -0.2) is 50.3 Å². The number of carbonyl (C=O) groups excluding carboxylic acids is 2. The molecule has 3 amide bonds. The molecule has 0 aliphatic carbocycles. The fourth-order valence-electron chi connectivity index (χ4n) is 4.33. The summed E-state index contributed by atoms with van der Waals surface area (Å²) in [5.41, 5.74) is 2.34. The Morgan fingerprint density at radius 2 is 1.89 bits per heavy atom. The van der Waals surface area contributed by atoms with Crippen molar-refractivity contribution in [3.8, 4) is 5.69 Å². The SMILES string of the molecule is Cc1cc(-n2ccc(NC(=O)[C@H]3CCCN3C(=O)Nc3ccc(C(C)C)c(F)c3)n2)ccc1C(=O)O. The number of rotatable bonds is 6. The number of likely N-dealkylation sites (tertiary alicyclic amines) is 1. The summed E-state index contributed by atoms with van der Waals surface area (Å²) in [6, 6.07) is 9.89. The molecule has 1 aromatic heterocycles. The Morgan fingerprint density at radius 1 is 1.11 bits per heavy atom. The van der Waals surface area contributed by atoms with Crippen molar-refractivity contribution in [3.63, 3.8) is 0 Å². The molecule has 9 nitrogen and oxygen atoms in total. The van der Waals surface area contributed by atoms with Crippen LogP contribution in [0.3, 0.4) is 0 Å². The molecule has 1 atom stereocenters. The van der Waals surface area contributed by atoms with Crippen molar-refractivity contribution < 1.29 is 23.9 Å². The van der Waals surface area contributed by atoms with Crippen molar-refractivity contribution in [2.45, 2.75) is 45.6 Å². The van der Waals surface area contributed by atoms with Gasteiger partial charge in [0.25, 0.3) is 0 Å². The van der Waals surface area contributed by atoms with E-state index in [0.29, 0.717) is 47.7 Å². The molecule has 188 valence electrons. The van der Waals surface area contributed by atoms with Gasteiger partial charge in [0.2, 0.25) is 5.91 Å². The normalized spacial score (nSPS) is 15.2. The van der Waals surface area contributed by atoms with Crippen LogP contribution in [-0.2, 0) is 4.79 Å². The van der Waals surface area contributed by atoms with Crippen LogP contribution in [0.15, 0.2) is 48.7 Å². The van der Waals surface area contributed by atoms with Gasteiger partial charge in [-0.25, -0.2) is 18.7 Å². The Morgan fingerprint density at radius 3 is 2.56 bits per heavy atom. The summed E-state index contributed by atoms with van der Waals surface area (Å²) in [6.45, 7) is 5.89. The molecule has 1 saturated heterocycles. The predicted octanol–water partition coefficient (Wildman–Crippen LogP) is 4.78. The van der Waals surface area contributed by atoms with E-state index in [1.165, 1.54) is 21.7 Å². The molecule has 1 fully saturated rings. The summed E-state index contributed by atoms with van der Waals surface area (Å²) in [5.74, 6) is -1.43. The third kappa shape index (κ3) is 5.22. The third-order valence-corrected chi connectivity index (χ3v) is 6.24. The maximum atomic E-state index is 14.3. The standard InChI is InChI=1S/C26H28FN5O4/c1-15(2)19-8-6-17(14-21(19)27)28-26(36)31-11-4-5-22(31)24(33)29-23-10-12-32(30-23)18-7-9-20(25(34)35)16(3)13-18/h6-10,12-15,22H,4-5,11H2,1-3H3,(H,28,36)(H,34,35)(H,29,30,33)/t22-/m1/s1. The molecule has 0 bridgehead atoms. The number of benzene rings is 2. The summed E-state index contributed by atoms with van der Waals surface area (Å²) in [4.78, 5) is 38.5. The quantitative estimate of drug-likeness (QED) is 0.457. The Kier molecular flexibility index (Phi) is 7.05. The fourth-order valence-corrected chi connectivity index (χ4v) is 4.33. The largest absolute Gasteiger partial charge is 0.478 e. The number of aromatic nitrogens is 2. The van der Waals surface area contributed by atoms with Crippen LogP contribution in [0.2, 0.25) is 0 Å². The Labute approximate surface area is 207 Å². The van der Waals surface area contributed by atoms with Gasteiger partial charge in [-0.2, -0.15) is 5.10 Å². The van der Waals surface area contributed by atoms with Crippen molar-refractivity contribution in [3.05, 3.63) is 71.2 Å². The van der Waals surface area contributed by atoms with E-state index in [4.69, 9.17) is 0 Å². The molecule has 0 unspecified atom stereocenters. The molecule has 0 spiro atoms. The Hall–Kier alpha value is -4.21. The molecular formula is C26H28FN5O4. The lowest BCUT2D eigenvalue weighted by Crippen LogP contribution is -2.45. The number of aromatic carboxylic acids is 1. The first kappa shape index (κ1) is 24.9. The van der Waals surface area contributed by atoms with Crippen LogP contribution in [0.4, 0.5) is 20.7 Å². The van der Waals surface area contributed by atoms with Crippen molar-refractivity contribution in [1.29, 1.82) is 0 Å². The van der Waals surface area contributed by atoms with Crippen molar-refractivity contribution >= 4 is 29.4 Å². The molecule has 10 heteroatoms. The average Bonchev–Trinajstić information content (AvgIpc) is 3.48. The number of carbonyl (C=O) groups is 3. The van der Waals surface area contributed by atoms with Crippen LogP contribution in [0.5, 0.6) is 0 Å². The van der Waals surface area contributed by atoms with E-state index >= 15 is 0 Å². The lowest BCUT2D eigenvalue weighted by atomic mass is 10.0. The molecule has 1 aliphatic heterocycles. The van der Waals surface area contributed by atoms with Gasteiger partial charge in [-0.3, -0.25) is 4.79 Å². The maximum Gasteiger partial charge on any atom is 0.335 e. The summed E-state index contributed by atoms with van der Waals surface area (Å²) in [7, 11) is 0. The van der Waals surface area contributed by atoms with Gasteiger partial charge in [-0.15, -0.1) is 0 Å². The minimum atomic E-state index is -1.00. The van der Waals surface area contributed by atoms with E-state index in [-0.39, 0.29) is 23.2 Å². The number of carboxylic acids is 1. The fraction of sp³-hybridized carbons (Fsp3) is 0.308. The summed E-state index contributed by atoms with van der Waals surface area (Å²) < 4.78 is 15.8. The van der Waals surface area contributed by atoms with Crippen LogP contribution < -0.4 is 10.6 Å². The maximum absolute atomic E-state index is 14.3. The van der Waals surface area contributed by atoms with E-state index in [9.17, 15) is 23.9 Å². The molecular weight excluding hydrogens is 465 g/mol. The number of urea groups is 1. The minimum absolute atomic E-state index is 0.0259. The molecule has 0 saturated carbocycles. The van der Waals surface area contributed by atoms with Crippen LogP contribution in [0.25, 0.3) is 5.69 Å². The predicted molar refractivity (Wildman–Crippen MR) is 133 cm³/mol. The van der Waals surface area contributed by atoms with E-state index < -0.39 is 18.0 Å². The number of amides is 3. The van der Waals surface area contributed by atoms with Crippen LogP contribution >= 0.6 is 0 Å². The molecule has 1 aliphatic rings. The Balaban J connectivity index is 1.42. The van der Waals surface area contributed by atoms with Gasteiger partial charge in [0.1, 0.15) is 11.9 Å². The van der Waals surface area contributed by atoms with Crippen molar-refractivity contribution in [1.82, 2.24) is 14.7 Å². The highest BCUT2D eigenvalue weighted by atomic mass is 19.1. The molecule has 36 heavy (non-hydrogen) atoms. The van der Waals surface area contributed by atoms with Gasteiger partial charge in [-0.1, -0.05) is 19.9 Å². The topological polar surface area (TPSA) is 117 Å². The van der Waals surface area contributed by atoms with E-state index in [1.54, 1.807) is 43.5 Å². The zero-order valence-electron chi connectivity index (χ0n) is 20.3. The van der Waals surface area contributed by atoms with Gasteiger partial charge in [-0.05, 0) is 67.1 Å². The van der Waals surface area contributed by atoms with Gasteiger partial charge in [0, 0.05) is 24.5 Å². The number of nitrogens with one attached hydrogen (secondary N) is 2. The zero-order chi connectivity index (χ0) is 26.0. The first-order valence-corrected chi connectivity index (χ1v) is 11.7. The number of aryl methyl sites for hydroxylation is 1. The first-order valence-electron chi connectivity index (χ1n) is 11.7. The highest BCUT2D eigenvalue weighted by Crippen LogP contribution is 2.24. The van der Waals surface area contributed by atoms with Crippen LogP contribution in [0, 0.1) is 12.7 Å². The van der Waals surface area contributed by atoms with E-state index in [0.717, 1.165) is 0 Å². The second-order valence-electron chi connectivity index (χ2n) is 9.11. The second-order valence-corrected chi connectivity index (χ2v) is 9.11. The number of halogens is 1. The summed E-state index contributed by atoms with van der Waals surface area (Å²) in [6.07, 6.45) is 2.81. The number of carboxylic acid groups (broad SMARTS) is 1. The smallest absolute Gasteiger partial charge is 0.335 e. The zero-order valence-corrected chi connectivity index (χ0v) is 20.3. The van der Waals surface area contributed by atoms with Crippen molar-refractivity contribution in [2.75, 3.05) is 17.2 Å². The molecule has 0 radical (unpaired) electrons. The molecule has 4 rings (SSSR count). The minimum Gasteiger partial charge on any atom is -0.478 e. The second kappa shape index (κ2) is 10.2. The summed E-state index contributed by atoms with van der Waals surface area (Å²) >= 11 is 0. The number of hydrogen-bond donors (Lipinski definition) is 3. The molecule has 3 N–H and O–H groups in total. The highest BCUT2D eigenvalue weighted by molar-refractivity contribution is 5.99. The third-order valence-electron chi connectivity index (χ3n) is 6.24. The number of hydrogen-bond acceptors (Lipinski definition) is 4. The lowest BCUT2D eigenvalue weighted by molar-refractivity contribution is -0.119. The van der Waals surface area contributed by atoms with E-state index in [2.05, 4.69) is 15.7 Å². The van der Waals surface area contributed by atoms with Gasteiger partial charge in [0.05, 0.1) is 11.3 Å². The average molecular weight is 494 g/mol. The number of nitrogens with zero attached hydrogens (tertiary/aromatic N) is 3. The number of anilines is 2. The lowest BCUT2D eigenvalue weighted by Gasteiger charge is -2.24. The Bertz CT molecular complexity index is 1320. The monoisotopic (exact) mass is 493 g/mol. The molecule has 2 aromatic carbocycles. The highest BCUT2D eigenvalue weighted by Gasteiger charge is 2.34. The molecule has 3 aromatic rings. The van der Waals surface area contributed by atoms with Gasteiger partial charge in [0.15, 0.2) is 5.82 Å².